The van der Waals surface area contributed by atoms with Gasteiger partial charge in [0, 0.05) is 57.0 Å². The van der Waals surface area contributed by atoms with Gasteiger partial charge >= 0.3 is 6.03 Å². The number of nitrogens with zero attached hydrogens (tertiary/aromatic N) is 2. The molecular formula is C21H33N3O2S. The standard InChI is InChI=1S/C21H33N3O2S/c1-21(17-26-2)8-11-24(12-9-21)20(25)22-19-5-3-18(4-6-19)7-10-23-13-15-27-16-14-23/h3-6H,7-17H2,1-2H3,(H,22,25). The maximum absolute atomic E-state index is 12.5. The average molecular weight is 392 g/mol. The largest absolute Gasteiger partial charge is 0.384 e. The SMILES string of the molecule is COCC1(C)CCN(C(=O)Nc2ccc(CCN3CCSCC3)cc2)CC1. The number of methoxy groups -OCH3 is 1. The number of carbonyl (C=O) groups excluding carboxylic acids is 1. The highest BCUT2D eigenvalue weighted by Gasteiger charge is 2.31. The molecule has 6 heteroatoms. The number of piperidine rings is 1. The van der Waals surface area contributed by atoms with E-state index in [4.69, 9.17) is 4.74 Å². The lowest BCUT2D eigenvalue weighted by molar-refractivity contribution is 0.0452. The van der Waals surface area contributed by atoms with Crippen molar-refractivity contribution in [3.8, 4) is 0 Å². The lowest BCUT2D eigenvalue weighted by atomic mass is 9.81. The molecule has 27 heavy (non-hydrogen) atoms. The molecule has 3 rings (SSSR count). The van der Waals surface area contributed by atoms with Crippen molar-refractivity contribution in [1.29, 1.82) is 0 Å². The summed E-state index contributed by atoms with van der Waals surface area (Å²) in [5.41, 5.74) is 2.41. The van der Waals surface area contributed by atoms with E-state index in [2.05, 4.69) is 29.3 Å². The van der Waals surface area contributed by atoms with E-state index in [1.165, 1.54) is 30.2 Å². The van der Waals surface area contributed by atoms with Crippen LogP contribution in [0, 0.1) is 5.41 Å². The van der Waals surface area contributed by atoms with Crippen molar-refractivity contribution in [2.24, 2.45) is 5.41 Å². The lowest BCUT2D eigenvalue weighted by Crippen LogP contribution is -2.45. The summed E-state index contributed by atoms with van der Waals surface area (Å²) >= 11 is 2.05. The smallest absolute Gasteiger partial charge is 0.321 e. The van der Waals surface area contributed by atoms with E-state index in [0.29, 0.717) is 0 Å². The number of amides is 2. The number of ether oxygens (including phenoxy) is 1. The van der Waals surface area contributed by atoms with Gasteiger partial charge in [0.2, 0.25) is 0 Å². The van der Waals surface area contributed by atoms with Crippen LogP contribution in [0.5, 0.6) is 0 Å². The summed E-state index contributed by atoms with van der Waals surface area (Å²) < 4.78 is 5.32. The van der Waals surface area contributed by atoms with E-state index in [-0.39, 0.29) is 11.4 Å². The van der Waals surface area contributed by atoms with Crippen LogP contribution in [-0.4, -0.2) is 73.8 Å². The van der Waals surface area contributed by atoms with Crippen molar-refractivity contribution in [3.05, 3.63) is 29.8 Å². The van der Waals surface area contributed by atoms with Crippen molar-refractivity contribution >= 4 is 23.5 Å². The number of likely N-dealkylation sites (tertiary alicyclic amines) is 1. The monoisotopic (exact) mass is 391 g/mol. The molecule has 2 aliphatic rings. The zero-order valence-electron chi connectivity index (χ0n) is 16.7. The summed E-state index contributed by atoms with van der Waals surface area (Å²) in [5, 5.41) is 3.05. The summed E-state index contributed by atoms with van der Waals surface area (Å²) in [6.07, 6.45) is 3.05. The van der Waals surface area contributed by atoms with E-state index in [9.17, 15) is 4.79 Å². The Kier molecular flexibility index (Phi) is 7.44. The van der Waals surface area contributed by atoms with Crippen molar-refractivity contribution in [3.63, 3.8) is 0 Å². The fourth-order valence-electron chi connectivity index (χ4n) is 3.81. The zero-order chi connectivity index (χ0) is 19.1. The Labute approximate surface area is 167 Å². The number of carbonyl (C=O) groups is 1. The quantitative estimate of drug-likeness (QED) is 0.805. The van der Waals surface area contributed by atoms with Crippen molar-refractivity contribution in [1.82, 2.24) is 9.80 Å². The number of hydrogen-bond acceptors (Lipinski definition) is 4. The van der Waals surface area contributed by atoms with Gasteiger partial charge in [-0.2, -0.15) is 11.8 Å². The van der Waals surface area contributed by atoms with Gasteiger partial charge in [0.05, 0.1) is 6.61 Å². The number of thioether (sulfide) groups is 1. The molecule has 1 N–H and O–H groups in total. The van der Waals surface area contributed by atoms with Gasteiger partial charge in [0.15, 0.2) is 0 Å². The van der Waals surface area contributed by atoms with Crippen LogP contribution in [0.1, 0.15) is 25.3 Å². The van der Waals surface area contributed by atoms with E-state index in [1.807, 2.05) is 28.8 Å². The molecule has 0 aromatic heterocycles. The number of benzene rings is 1. The van der Waals surface area contributed by atoms with Gasteiger partial charge in [0.1, 0.15) is 0 Å². The molecule has 150 valence electrons. The average Bonchev–Trinajstić information content (AvgIpc) is 2.69. The number of rotatable bonds is 6. The number of nitrogens with one attached hydrogen (secondary N) is 1. The maximum Gasteiger partial charge on any atom is 0.321 e. The highest BCUT2D eigenvalue weighted by Crippen LogP contribution is 2.31. The minimum absolute atomic E-state index is 0.00744. The summed E-state index contributed by atoms with van der Waals surface area (Å²) in [7, 11) is 1.75. The third kappa shape index (κ3) is 6.13. The summed E-state index contributed by atoms with van der Waals surface area (Å²) in [6, 6.07) is 8.34. The fourth-order valence-corrected chi connectivity index (χ4v) is 4.79. The third-order valence-electron chi connectivity index (χ3n) is 5.78. The normalized spacial score (nSPS) is 20.4. The van der Waals surface area contributed by atoms with Crippen LogP contribution in [0.2, 0.25) is 0 Å². The zero-order valence-corrected chi connectivity index (χ0v) is 17.5. The predicted molar refractivity (Wildman–Crippen MR) is 114 cm³/mol. The van der Waals surface area contributed by atoms with Crippen LogP contribution in [-0.2, 0) is 11.2 Å². The van der Waals surface area contributed by atoms with Gasteiger partial charge in [0.25, 0.3) is 0 Å². The Morgan fingerprint density at radius 1 is 1.15 bits per heavy atom. The van der Waals surface area contributed by atoms with E-state index in [0.717, 1.165) is 51.2 Å². The molecule has 1 aromatic carbocycles. The van der Waals surface area contributed by atoms with Gasteiger partial charge < -0.3 is 19.9 Å². The second-order valence-electron chi connectivity index (χ2n) is 8.06. The molecule has 0 aliphatic carbocycles. The van der Waals surface area contributed by atoms with E-state index in [1.54, 1.807) is 7.11 Å². The Balaban J connectivity index is 1.43. The van der Waals surface area contributed by atoms with Crippen molar-refractivity contribution < 1.29 is 9.53 Å². The molecule has 2 aliphatic heterocycles. The van der Waals surface area contributed by atoms with Crippen LogP contribution in [0.3, 0.4) is 0 Å². The van der Waals surface area contributed by atoms with E-state index >= 15 is 0 Å². The van der Waals surface area contributed by atoms with Gasteiger partial charge in [-0.25, -0.2) is 4.79 Å². The van der Waals surface area contributed by atoms with Gasteiger partial charge in [-0.3, -0.25) is 0 Å². The third-order valence-corrected chi connectivity index (χ3v) is 6.72. The van der Waals surface area contributed by atoms with Crippen LogP contribution in [0.15, 0.2) is 24.3 Å². The molecule has 5 nitrogen and oxygen atoms in total. The Hall–Kier alpha value is -1.24. The van der Waals surface area contributed by atoms with Crippen molar-refractivity contribution in [2.75, 3.05) is 63.3 Å². The Bertz CT molecular complexity index is 594. The molecule has 0 unspecified atom stereocenters. The number of hydrogen-bond donors (Lipinski definition) is 1. The molecule has 2 saturated heterocycles. The molecule has 0 saturated carbocycles. The predicted octanol–water partition coefficient (Wildman–Crippen LogP) is 3.56. The highest BCUT2D eigenvalue weighted by atomic mass is 32.2. The first-order valence-electron chi connectivity index (χ1n) is 10.0. The summed E-state index contributed by atoms with van der Waals surface area (Å²) in [4.78, 5) is 17.0. The number of urea groups is 1. The van der Waals surface area contributed by atoms with Crippen molar-refractivity contribution in [2.45, 2.75) is 26.2 Å². The first kappa shape index (κ1) is 20.5. The van der Waals surface area contributed by atoms with Crippen LogP contribution < -0.4 is 5.32 Å². The second-order valence-corrected chi connectivity index (χ2v) is 9.29. The van der Waals surface area contributed by atoms with Gasteiger partial charge in [-0.15, -0.1) is 0 Å². The molecule has 0 bridgehead atoms. The molecule has 2 amide bonds. The Morgan fingerprint density at radius 3 is 2.44 bits per heavy atom. The molecule has 2 fully saturated rings. The molecule has 1 aromatic rings. The molecule has 0 radical (unpaired) electrons. The lowest BCUT2D eigenvalue weighted by Gasteiger charge is -2.38. The fraction of sp³-hybridized carbons (Fsp3) is 0.667. The first-order valence-corrected chi connectivity index (χ1v) is 11.2. The van der Waals surface area contributed by atoms with Crippen LogP contribution in [0.25, 0.3) is 0 Å². The summed E-state index contributed by atoms with van der Waals surface area (Å²) in [6.45, 7) is 8.12. The van der Waals surface area contributed by atoms with E-state index < -0.39 is 0 Å². The summed E-state index contributed by atoms with van der Waals surface area (Å²) in [5.74, 6) is 2.51. The highest BCUT2D eigenvalue weighted by molar-refractivity contribution is 7.99. The topological polar surface area (TPSA) is 44.8 Å². The number of anilines is 1. The van der Waals surface area contributed by atoms with Crippen LogP contribution >= 0.6 is 11.8 Å². The minimum Gasteiger partial charge on any atom is -0.384 e. The van der Waals surface area contributed by atoms with Gasteiger partial charge in [-0.1, -0.05) is 19.1 Å². The van der Waals surface area contributed by atoms with Crippen LogP contribution in [0.4, 0.5) is 10.5 Å². The Morgan fingerprint density at radius 2 is 1.81 bits per heavy atom. The molecule has 0 atom stereocenters. The second kappa shape index (κ2) is 9.80. The minimum atomic E-state index is 0.00744. The van der Waals surface area contributed by atoms with Gasteiger partial charge in [-0.05, 0) is 42.4 Å². The molecule has 0 spiro atoms. The first-order chi connectivity index (χ1) is 13.1. The molecule has 2 heterocycles. The maximum atomic E-state index is 12.5. The molecular weight excluding hydrogens is 358 g/mol.